The van der Waals surface area contributed by atoms with Crippen molar-refractivity contribution in [3.8, 4) is 5.69 Å². The molecule has 0 saturated carbocycles. The number of thioether (sulfide) groups is 1. The second-order valence-corrected chi connectivity index (χ2v) is 6.91. The summed E-state index contributed by atoms with van der Waals surface area (Å²) in [6, 6.07) is 12.8. The zero-order chi connectivity index (χ0) is 19.2. The van der Waals surface area contributed by atoms with Crippen molar-refractivity contribution >= 4 is 29.3 Å². The summed E-state index contributed by atoms with van der Waals surface area (Å²) in [6.07, 6.45) is 2.96. The lowest BCUT2D eigenvalue weighted by atomic mass is 10.2. The summed E-state index contributed by atoms with van der Waals surface area (Å²) >= 11 is 7.10. The molecule has 0 bridgehead atoms. The van der Waals surface area contributed by atoms with Gasteiger partial charge in [-0.05, 0) is 35.9 Å². The highest BCUT2D eigenvalue weighted by atomic mass is 35.5. The minimum atomic E-state index is -0.384. The summed E-state index contributed by atoms with van der Waals surface area (Å²) in [7, 11) is 0. The average molecular weight is 404 g/mol. The molecule has 0 atom stereocenters. The molecule has 0 spiro atoms. The molecular formula is C19H15ClFN3O2S. The molecule has 27 heavy (non-hydrogen) atoms. The molecule has 138 valence electrons. The number of amides is 1. The van der Waals surface area contributed by atoms with Crippen LogP contribution in [-0.2, 0) is 11.3 Å². The number of hydrogen-bond donors (Lipinski definition) is 1. The van der Waals surface area contributed by atoms with E-state index >= 15 is 0 Å². The number of carbonyl (C=O) groups excluding carboxylic acids is 1. The van der Waals surface area contributed by atoms with Gasteiger partial charge in [0.05, 0.1) is 5.75 Å². The fourth-order valence-electron chi connectivity index (χ4n) is 2.32. The molecule has 1 N–H and O–H groups in total. The van der Waals surface area contributed by atoms with Crippen LogP contribution >= 0.6 is 23.4 Å². The topological polar surface area (TPSA) is 64.0 Å². The first kappa shape index (κ1) is 19.1. The van der Waals surface area contributed by atoms with Crippen molar-refractivity contribution in [1.29, 1.82) is 0 Å². The number of benzene rings is 2. The van der Waals surface area contributed by atoms with E-state index in [2.05, 4.69) is 10.3 Å². The number of nitrogens with zero attached hydrogens (tertiary/aromatic N) is 2. The molecule has 0 unspecified atom stereocenters. The maximum atomic E-state index is 13.1. The van der Waals surface area contributed by atoms with E-state index < -0.39 is 0 Å². The summed E-state index contributed by atoms with van der Waals surface area (Å²) in [5.74, 6) is -0.580. The standard InChI is InChI=1S/C19H15ClFN3O2S/c20-16-4-2-1-3-13(16)11-23-17(25)12-27-18-19(26)24(10-9-22-18)15-7-5-14(21)6-8-15/h1-10H,11-12H2,(H,23,25). The van der Waals surface area contributed by atoms with Crippen LogP contribution in [0.25, 0.3) is 5.69 Å². The van der Waals surface area contributed by atoms with Crippen molar-refractivity contribution in [2.45, 2.75) is 11.6 Å². The Kier molecular flexibility index (Phi) is 6.26. The molecule has 0 radical (unpaired) electrons. The Morgan fingerprint density at radius 3 is 2.67 bits per heavy atom. The monoisotopic (exact) mass is 403 g/mol. The van der Waals surface area contributed by atoms with E-state index in [9.17, 15) is 14.0 Å². The molecule has 0 aliphatic rings. The van der Waals surface area contributed by atoms with Crippen LogP contribution in [0.1, 0.15) is 5.56 Å². The predicted molar refractivity (Wildman–Crippen MR) is 104 cm³/mol. The molecule has 0 fully saturated rings. The number of rotatable bonds is 6. The van der Waals surface area contributed by atoms with Gasteiger partial charge in [0.1, 0.15) is 5.82 Å². The van der Waals surface area contributed by atoms with Gasteiger partial charge < -0.3 is 5.32 Å². The van der Waals surface area contributed by atoms with Crippen LogP contribution in [0.4, 0.5) is 4.39 Å². The van der Waals surface area contributed by atoms with E-state index in [1.165, 1.54) is 41.2 Å². The van der Waals surface area contributed by atoms with Gasteiger partial charge in [0, 0.05) is 29.6 Å². The molecule has 2 aromatic carbocycles. The first-order valence-corrected chi connectivity index (χ1v) is 9.37. The highest BCUT2D eigenvalue weighted by molar-refractivity contribution is 7.99. The number of aromatic nitrogens is 2. The van der Waals surface area contributed by atoms with Gasteiger partial charge in [-0.3, -0.25) is 14.2 Å². The summed E-state index contributed by atoms with van der Waals surface area (Å²) in [6.45, 7) is 0.307. The van der Waals surface area contributed by atoms with Crippen LogP contribution < -0.4 is 10.9 Å². The van der Waals surface area contributed by atoms with E-state index in [4.69, 9.17) is 11.6 Å². The molecule has 5 nitrogen and oxygen atoms in total. The predicted octanol–water partition coefficient (Wildman–Crippen LogP) is 3.43. The van der Waals surface area contributed by atoms with E-state index in [0.29, 0.717) is 17.3 Å². The van der Waals surface area contributed by atoms with Gasteiger partial charge in [-0.25, -0.2) is 9.37 Å². The third kappa shape index (κ3) is 4.96. The Balaban J connectivity index is 1.63. The Bertz CT molecular complexity index is 1010. The van der Waals surface area contributed by atoms with Crippen molar-refractivity contribution in [2.75, 3.05) is 5.75 Å². The maximum Gasteiger partial charge on any atom is 0.287 e. The summed E-state index contributed by atoms with van der Waals surface area (Å²) in [4.78, 5) is 28.6. The minimum Gasteiger partial charge on any atom is -0.351 e. The van der Waals surface area contributed by atoms with Crippen molar-refractivity contribution in [3.05, 3.63) is 87.7 Å². The highest BCUT2D eigenvalue weighted by Crippen LogP contribution is 2.15. The van der Waals surface area contributed by atoms with Gasteiger partial charge in [0.25, 0.3) is 5.56 Å². The Morgan fingerprint density at radius 2 is 1.93 bits per heavy atom. The second kappa shape index (κ2) is 8.83. The second-order valence-electron chi connectivity index (χ2n) is 5.54. The number of hydrogen-bond acceptors (Lipinski definition) is 4. The molecule has 1 aromatic heterocycles. The van der Waals surface area contributed by atoms with Crippen LogP contribution in [0.5, 0.6) is 0 Å². The van der Waals surface area contributed by atoms with E-state index in [1.54, 1.807) is 6.07 Å². The van der Waals surface area contributed by atoms with Crippen LogP contribution in [0.3, 0.4) is 0 Å². The Hall–Kier alpha value is -2.64. The Labute approximate surface area is 164 Å². The van der Waals surface area contributed by atoms with Crippen molar-refractivity contribution < 1.29 is 9.18 Å². The zero-order valence-corrected chi connectivity index (χ0v) is 15.6. The fourth-order valence-corrected chi connectivity index (χ4v) is 3.25. The van der Waals surface area contributed by atoms with Crippen LogP contribution in [0, 0.1) is 5.82 Å². The van der Waals surface area contributed by atoms with Gasteiger partial charge in [-0.2, -0.15) is 0 Å². The van der Waals surface area contributed by atoms with Crippen LogP contribution in [-0.4, -0.2) is 21.2 Å². The van der Waals surface area contributed by atoms with Gasteiger partial charge in [-0.15, -0.1) is 0 Å². The van der Waals surface area contributed by atoms with Gasteiger partial charge in [0.15, 0.2) is 5.03 Å². The van der Waals surface area contributed by atoms with Gasteiger partial charge >= 0.3 is 0 Å². The largest absolute Gasteiger partial charge is 0.351 e. The normalized spacial score (nSPS) is 10.6. The maximum absolute atomic E-state index is 13.1. The molecule has 1 amide bonds. The molecule has 1 heterocycles. The summed E-state index contributed by atoms with van der Waals surface area (Å²) in [5, 5.41) is 3.53. The smallest absolute Gasteiger partial charge is 0.287 e. The van der Waals surface area contributed by atoms with Gasteiger partial charge in [-0.1, -0.05) is 41.6 Å². The highest BCUT2D eigenvalue weighted by Gasteiger charge is 2.10. The molecule has 3 aromatic rings. The fraction of sp³-hybridized carbons (Fsp3) is 0.105. The SMILES string of the molecule is O=C(CSc1nccn(-c2ccc(F)cc2)c1=O)NCc1ccccc1Cl. The van der Waals surface area contributed by atoms with E-state index in [1.807, 2.05) is 18.2 Å². The zero-order valence-electron chi connectivity index (χ0n) is 14.1. The number of halogens is 2. The lowest BCUT2D eigenvalue weighted by molar-refractivity contribution is -0.118. The summed E-state index contributed by atoms with van der Waals surface area (Å²) < 4.78 is 14.4. The van der Waals surface area contributed by atoms with E-state index in [0.717, 1.165) is 17.3 Å². The van der Waals surface area contributed by atoms with Crippen molar-refractivity contribution in [3.63, 3.8) is 0 Å². The van der Waals surface area contributed by atoms with Crippen LogP contribution in [0.2, 0.25) is 5.02 Å². The molecule has 8 heteroatoms. The third-order valence-electron chi connectivity index (χ3n) is 3.69. The molecular weight excluding hydrogens is 389 g/mol. The average Bonchev–Trinajstić information content (AvgIpc) is 2.67. The number of carbonyl (C=O) groups is 1. The first-order chi connectivity index (χ1) is 13.0. The first-order valence-electron chi connectivity index (χ1n) is 8.01. The van der Waals surface area contributed by atoms with Crippen molar-refractivity contribution in [2.24, 2.45) is 0 Å². The van der Waals surface area contributed by atoms with Crippen LogP contribution in [0.15, 0.2) is 70.7 Å². The van der Waals surface area contributed by atoms with E-state index in [-0.39, 0.29) is 28.1 Å². The minimum absolute atomic E-state index is 0.0418. The molecule has 0 saturated heterocycles. The lowest BCUT2D eigenvalue weighted by Gasteiger charge is -2.08. The van der Waals surface area contributed by atoms with Crippen molar-refractivity contribution in [1.82, 2.24) is 14.9 Å². The quantitative estimate of drug-likeness (QED) is 0.640. The van der Waals surface area contributed by atoms with Gasteiger partial charge in [0.2, 0.25) is 5.91 Å². The third-order valence-corrected chi connectivity index (χ3v) is 5.02. The molecule has 3 rings (SSSR count). The Morgan fingerprint density at radius 1 is 1.19 bits per heavy atom. The molecule has 0 aliphatic carbocycles. The lowest BCUT2D eigenvalue weighted by Crippen LogP contribution is -2.26. The summed E-state index contributed by atoms with van der Waals surface area (Å²) in [5.41, 5.74) is 0.968. The molecule has 0 aliphatic heterocycles. The number of nitrogens with one attached hydrogen (secondary N) is 1.